The quantitative estimate of drug-likeness (QED) is 0.192. The van der Waals surface area contributed by atoms with Gasteiger partial charge in [0.2, 0.25) is 0 Å². The number of urea groups is 1. The highest BCUT2D eigenvalue weighted by atomic mass is 28.4. The molecule has 0 fully saturated rings. The van der Waals surface area contributed by atoms with E-state index in [0.29, 0.717) is 25.6 Å². The van der Waals surface area contributed by atoms with Gasteiger partial charge in [0.25, 0.3) is 0 Å². The Morgan fingerprint density at radius 3 is 2.27 bits per heavy atom. The van der Waals surface area contributed by atoms with Crippen LogP contribution >= 0.6 is 0 Å². The molecule has 0 unspecified atom stereocenters. The predicted molar refractivity (Wildman–Crippen MR) is 121 cm³/mol. The summed E-state index contributed by atoms with van der Waals surface area (Å²) in [6.07, 6.45) is 5.01. The fourth-order valence-electron chi connectivity index (χ4n) is 3.37. The van der Waals surface area contributed by atoms with Gasteiger partial charge in [0, 0.05) is 37.8 Å². The highest BCUT2D eigenvalue weighted by Crippen LogP contribution is 2.28. The van der Waals surface area contributed by atoms with Crippen molar-refractivity contribution in [1.29, 1.82) is 0 Å². The number of aromatic amines is 1. The summed E-state index contributed by atoms with van der Waals surface area (Å²) < 4.78 is 12.6. The second-order valence-electron chi connectivity index (χ2n) is 9.13. The highest BCUT2D eigenvalue weighted by Gasteiger charge is 2.37. The zero-order chi connectivity index (χ0) is 22.8. The SMILES string of the molecule is CC(C)(O[Si](C)(C)CCCNC(=O)NCCc1cnc[nH]1)O[Si](C)(C)CCC(=O)O. The van der Waals surface area contributed by atoms with Crippen LogP contribution in [0.4, 0.5) is 4.79 Å². The van der Waals surface area contributed by atoms with Crippen LogP contribution in [0.3, 0.4) is 0 Å². The topological polar surface area (TPSA) is 126 Å². The van der Waals surface area contributed by atoms with E-state index in [4.69, 9.17) is 14.0 Å². The van der Waals surface area contributed by atoms with Gasteiger partial charge in [-0.3, -0.25) is 4.79 Å². The Morgan fingerprint density at radius 1 is 1.10 bits per heavy atom. The van der Waals surface area contributed by atoms with Gasteiger partial charge in [0.05, 0.1) is 6.33 Å². The van der Waals surface area contributed by atoms with Crippen molar-refractivity contribution >= 4 is 28.6 Å². The largest absolute Gasteiger partial charge is 0.481 e. The average molecular weight is 459 g/mol. The number of H-pyrrole nitrogens is 1. The molecule has 9 nitrogen and oxygen atoms in total. The average Bonchev–Trinajstić information content (AvgIpc) is 3.08. The molecule has 1 rings (SSSR count). The third-order valence-corrected chi connectivity index (χ3v) is 9.56. The van der Waals surface area contributed by atoms with Gasteiger partial charge in [-0.15, -0.1) is 0 Å². The van der Waals surface area contributed by atoms with Crippen LogP contribution in [0.1, 0.15) is 32.4 Å². The number of imidazole rings is 1. The van der Waals surface area contributed by atoms with Crippen molar-refractivity contribution in [2.24, 2.45) is 0 Å². The molecule has 172 valence electrons. The lowest BCUT2D eigenvalue weighted by Crippen LogP contribution is -2.49. The molecule has 0 aliphatic rings. The maximum Gasteiger partial charge on any atom is 0.314 e. The molecule has 1 aromatic heterocycles. The number of nitrogens with one attached hydrogen (secondary N) is 3. The number of hydrogen-bond acceptors (Lipinski definition) is 5. The molecule has 0 radical (unpaired) electrons. The van der Waals surface area contributed by atoms with Crippen molar-refractivity contribution in [2.45, 2.75) is 77.2 Å². The Bertz CT molecular complexity index is 666. The number of aromatic nitrogens is 2. The van der Waals surface area contributed by atoms with Gasteiger partial charge in [-0.25, -0.2) is 9.78 Å². The minimum Gasteiger partial charge on any atom is -0.481 e. The fourth-order valence-corrected chi connectivity index (χ4v) is 8.25. The van der Waals surface area contributed by atoms with Crippen LogP contribution in [0.2, 0.25) is 38.3 Å². The lowest BCUT2D eigenvalue weighted by molar-refractivity contribution is -0.137. The summed E-state index contributed by atoms with van der Waals surface area (Å²) in [6.45, 7) is 13.2. The monoisotopic (exact) mass is 458 g/mol. The van der Waals surface area contributed by atoms with E-state index in [-0.39, 0.29) is 12.5 Å². The molecule has 0 saturated heterocycles. The van der Waals surface area contributed by atoms with E-state index in [1.54, 1.807) is 12.5 Å². The van der Waals surface area contributed by atoms with Crippen LogP contribution in [0.5, 0.6) is 0 Å². The van der Waals surface area contributed by atoms with E-state index < -0.39 is 28.4 Å². The van der Waals surface area contributed by atoms with Crippen molar-refractivity contribution in [3.05, 3.63) is 18.2 Å². The summed E-state index contributed by atoms with van der Waals surface area (Å²) in [7, 11) is -4.16. The molecular formula is C19H38N4O5Si2. The summed E-state index contributed by atoms with van der Waals surface area (Å²) in [5, 5.41) is 14.6. The summed E-state index contributed by atoms with van der Waals surface area (Å²) in [5.74, 6) is -1.55. The molecule has 0 spiro atoms. The fraction of sp³-hybridized carbons (Fsp3) is 0.737. The molecular weight excluding hydrogens is 420 g/mol. The molecule has 1 aromatic rings. The predicted octanol–water partition coefficient (Wildman–Crippen LogP) is 3.30. The number of amides is 2. The van der Waals surface area contributed by atoms with Gasteiger partial charge < -0.3 is 29.6 Å². The summed E-state index contributed by atoms with van der Waals surface area (Å²) >= 11 is 0. The third-order valence-electron chi connectivity index (χ3n) is 4.46. The van der Waals surface area contributed by atoms with Crippen LogP contribution in [0.25, 0.3) is 0 Å². The molecule has 0 aromatic carbocycles. The molecule has 0 saturated carbocycles. The van der Waals surface area contributed by atoms with Crippen molar-refractivity contribution in [3.8, 4) is 0 Å². The number of carboxylic acid groups (broad SMARTS) is 1. The van der Waals surface area contributed by atoms with Gasteiger partial charge in [-0.05, 0) is 58.5 Å². The number of carbonyl (C=O) groups excluding carboxylic acids is 1. The normalized spacial score (nSPS) is 12.6. The summed E-state index contributed by atoms with van der Waals surface area (Å²) in [4.78, 5) is 29.7. The Hall–Kier alpha value is -1.70. The molecule has 11 heteroatoms. The minimum atomic E-state index is -2.14. The van der Waals surface area contributed by atoms with Crippen LogP contribution < -0.4 is 10.6 Å². The molecule has 0 bridgehead atoms. The lowest BCUT2D eigenvalue weighted by atomic mass is 10.3. The molecule has 30 heavy (non-hydrogen) atoms. The van der Waals surface area contributed by atoms with Gasteiger partial charge in [0.15, 0.2) is 16.6 Å². The number of carboxylic acids is 1. The Labute approximate surface area is 181 Å². The van der Waals surface area contributed by atoms with Crippen molar-refractivity contribution in [1.82, 2.24) is 20.6 Å². The van der Waals surface area contributed by atoms with E-state index >= 15 is 0 Å². The number of aliphatic carboxylic acids is 1. The second kappa shape index (κ2) is 11.6. The zero-order valence-corrected chi connectivity index (χ0v) is 21.1. The van der Waals surface area contributed by atoms with Crippen LogP contribution in [-0.4, -0.2) is 62.6 Å². The standard InChI is InChI=1S/C19H38N4O5Si2/c1-19(2,28-30(5,6)13-9-17(24)25)27-29(3,4)12-7-10-21-18(26)22-11-8-16-14-20-15-23-16/h14-15H,7-13H2,1-6H3,(H,20,23)(H,24,25)(H2,21,22,26). The molecule has 0 atom stereocenters. The lowest BCUT2D eigenvalue weighted by Gasteiger charge is -2.40. The molecule has 0 aliphatic carbocycles. The number of rotatable bonds is 14. The summed E-state index contributed by atoms with van der Waals surface area (Å²) in [5.41, 5.74) is 0.985. The first-order valence-electron chi connectivity index (χ1n) is 10.4. The Balaban J connectivity index is 2.29. The highest BCUT2D eigenvalue weighted by molar-refractivity contribution is 6.72. The second-order valence-corrected chi connectivity index (χ2v) is 17.6. The molecule has 4 N–H and O–H groups in total. The number of nitrogens with zero attached hydrogens (tertiary/aromatic N) is 1. The Morgan fingerprint density at radius 2 is 1.70 bits per heavy atom. The van der Waals surface area contributed by atoms with Crippen LogP contribution in [0.15, 0.2) is 12.5 Å². The summed E-state index contributed by atoms with van der Waals surface area (Å²) in [6, 6.07) is 1.26. The maximum absolute atomic E-state index is 11.9. The van der Waals surface area contributed by atoms with Gasteiger partial charge >= 0.3 is 12.0 Å². The first-order valence-corrected chi connectivity index (χ1v) is 16.6. The Kier molecular flexibility index (Phi) is 10.2. The first kappa shape index (κ1) is 26.3. The van der Waals surface area contributed by atoms with Gasteiger partial charge in [-0.1, -0.05) is 0 Å². The molecule has 0 aliphatic heterocycles. The molecule has 1 heterocycles. The van der Waals surface area contributed by atoms with Gasteiger partial charge in [0.1, 0.15) is 5.79 Å². The van der Waals surface area contributed by atoms with Crippen molar-refractivity contribution in [3.63, 3.8) is 0 Å². The first-order chi connectivity index (χ1) is 13.8. The van der Waals surface area contributed by atoms with E-state index in [2.05, 4.69) is 33.7 Å². The third kappa shape index (κ3) is 12.1. The number of carbonyl (C=O) groups is 2. The zero-order valence-electron chi connectivity index (χ0n) is 19.1. The maximum atomic E-state index is 11.9. The number of hydrogen-bond donors (Lipinski definition) is 4. The van der Waals surface area contributed by atoms with Crippen molar-refractivity contribution < 1.29 is 23.5 Å². The van der Waals surface area contributed by atoms with E-state index in [1.165, 1.54) is 0 Å². The smallest absolute Gasteiger partial charge is 0.314 e. The van der Waals surface area contributed by atoms with Crippen LogP contribution in [0, 0.1) is 0 Å². The molecule has 2 amide bonds. The van der Waals surface area contributed by atoms with Crippen LogP contribution in [-0.2, 0) is 20.1 Å². The van der Waals surface area contributed by atoms with E-state index in [0.717, 1.165) is 18.2 Å². The van der Waals surface area contributed by atoms with E-state index in [9.17, 15) is 9.59 Å². The van der Waals surface area contributed by atoms with Crippen molar-refractivity contribution in [2.75, 3.05) is 13.1 Å². The van der Waals surface area contributed by atoms with E-state index in [1.807, 2.05) is 26.9 Å². The van der Waals surface area contributed by atoms with Gasteiger partial charge in [-0.2, -0.15) is 0 Å². The minimum absolute atomic E-state index is 0.117.